The highest BCUT2D eigenvalue weighted by Crippen LogP contribution is 2.00. The summed E-state index contributed by atoms with van der Waals surface area (Å²) in [5, 5.41) is 0. The molecule has 1 atom stereocenters. The number of hydrogen-bond donors (Lipinski definition) is 1. The summed E-state index contributed by atoms with van der Waals surface area (Å²) in [5.74, 6) is -1.31. The van der Waals surface area contributed by atoms with Crippen LogP contribution in [0, 0.1) is 0 Å². The van der Waals surface area contributed by atoms with E-state index in [2.05, 4.69) is 24.8 Å². The van der Waals surface area contributed by atoms with Crippen LogP contribution >= 0.6 is 0 Å². The molecule has 0 aliphatic carbocycles. The molecule has 0 rings (SSSR count). The first-order valence-corrected chi connectivity index (χ1v) is 8.75. The van der Waals surface area contributed by atoms with Gasteiger partial charge in [-0.1, -0.05) is 26.5 Å². The van der Waals surface area contributed by atoms with E-state index in [1.807, 2.05) is 0 Å². The summed E-state index contributed by atoms with van der Waals surface area (Å²) >= 11 is 0. The molecule has 0 saturated carbocycles. The average molecular weight is 350 g/mol. The van der Waals surface area contributed by atoms with E-state index in [0.29, 0.717) is 12.2 Å². The molecule has 1 unspecified atom stereocenters. The van der Waals surface area contributed by atoms with Crippen molar-refractivity contribution in [3.8, 4) is 0 Å². The molecule has 134 valence electrons. The predicted molar refractivity (Wildman–Crippen MR) is 87.5 cm³/mol. The Hall–Kier alpha value is -1.67. The van der Waals surface area contributed by atoms with E-state index >= 15 is 0 Å². The Kier molecular flexibility index (Phi) is 13.2. The largest absolute Gasteiger partial charge is 0.462 e. The third kappa shape index (κ3) is 18.3. The Labute approximate surface area is 138 Å². The van der Waals surface area contributed by atoms with Gasteiger partial charge in [-0.15, -0.1) is 0 Å². The van der Waals surface area contributed by atoms with Crippen LogP contribution in [0.1, 0.15) is 40.0 Å². The minimum absolute atomic E-state index is 0.0679. The van der Waals surface area contributed by atoms with Gasteiger partial charge in [-0.2, -0.15) is 8.42 Å². The van der Waals surface area contributed by atoms with Gasteiger partial charge < -0.3 is 9.47 Å². The van der Waals surface area contributed by atoms with Crippen molar-refractivity contribution in [2.24, 2.45) is 0 Å². The van der Waals surface area contributed by atoms with E-state index in [0.717, 1.165) is 18.9 Å². The van der Waals surface area contributed by atoms with Gasteiger partial charge in [0.2, 0.25) is 0 Å². The molecule has 23 heavy (non-hydrogen) atoms. The second kappa shape index (κ2) is 12.8. The van der Waals surface area contributed by atoms with Gasteiger partial charge in [0.25, 0.3) is 10.1 Å². The fourth-order valence-corrected chi connectivity index (χ4v) is 1.68. The Balaban J connectivity index is 0. The first-order chi connectivity index (χ1) is 10.5. The van der Waals surface area contributed by atoms with Gasteiger partial charge in [-0.05, 0) is 20.3 Å². The van der Waals surface area contributed by atoms with Crippen LogP contribution in [0.15, 0.2) is 24.8 Å². The molecule has 0 fully saturated rings. The second-order valence-electron chi connectivity index (χ2n) is 4.80. The van der Waals surface area contributed by atoms with Crippen molar-refractivity contribution >= 4 is 22.1 Å². The fourth-order valence-electron chi connectivity index (χ4n) is 1.05. The average Bonchev–Trinajstić information content (AvgIpc) is 2.45. The summed E-state index contributed by atoms with van der Waals surface area (Å²) in [6.45, 7) is 12.4. The summed E-state index contributed by atoms with van der Waals surface area (Å²) < 4.78 is 38.4. The highest BCUT2D eigenvalue weighted by Gasteiger charge is 2.11. The molecule has 1 N–H and O–H groups in total. The van der Waals surface area contributed by atoms with Gasteiger partial charge >= 0.3 is 11.9 Å². The van der Waals surface area contributed by atoms with Crippen molar-refractivity contribution in [3.63, 3.8) is 0 Å². The first kappa shape index (κ1) is 23.6. The lowest BCUT2D eigenvalue weighted by molar-refractivity contribution is -0.142. The number of unbranched alkanes of at least 4 members (excludes halogenated alkanes) is 1. The van der Waals surface area contributed by atoms with Crippen molar-refractivity contribution in [1.82, 2.24) is 0 Å². The lowest BCUT2D eigenvalue weighted by atomic mass is 10.3. The molecule has 0 aromatic carbocycles. The van der Waals surface area contributed by atoms with Crippen molar-refractivity contribution in [2.45, 2.75) is 46.1 Å². The Morgan fingerprint density at radius 1 is 1.35 bits per heavy atom. The first-order valence-electron chi connectivity index (χ1n) is 7.14. The minimum atomic E-state index is -3.98. The van der Waals surface area contributed by atoms with Gasteiger partial charge in [0, 0.05) is 18.1 Å². The number of hydrogen-bond acceptors (Lipinski definition) is 6. The van der Waals surface area contributed by atoms with Crippen LogP contribution < -0.4 is 0 Å². The molecule has 0 bridgehead atoms. The van der Waals surface area contributed by atoms with Crippen LogP contribution in [-0.4, -0.2) is 43.4 Å². The maximum Gasteiger partial charge on any atom is 0.333 e. The van der Waals surface area contributed by atoms with E-state index in [4.69, 9.17) is 9.29 Å². The standard InChI is InChI=1S/C8H14O2.C7H12O5S/c1-4-5-6-10-8(9)7(2)3;1-3-7(8)12-6(2)4-5-13(9,10)11/h2,4-6H2,1,3H3;3,6H,1,4-5H2,2H3,(H,9,10,11). The zero-order chi connectivity index (χ0) is 18.5. The van der Waals surface area contributed by atoms with E-state index in [-0.39, 0.29) is 12.4 Å². The monoisotopic (exact) mass is 350 g/mol. The molecule has 0 aromatic rings. The maximum absolute atomic E-state index is 10.7. The van der Waals surface area contributed by atoms with Crippen LogP contribution in [-0.2, 0) is 29.2 Å². The van der Waals surface area contributed by atoms with Crippen molar-refractivity contribution in [1.29, 1.82) is 0 Å². The van der Waals surface area contributed by atoms with Gasteiger partial charge in [0.15, 0.2) is 0 Å². The van der Waals surface area contributed by atoms with Crippen LogP contribution in [0.5, 0.6) is 0 Å². The SMILES string of the molecule is C=C(C)C(=O)OCCCC.C=CC(=O)OC(C)CCS(=O)(=O)O. The number of carbonyl (C=O) groups is 2. The molecule has 0 aliphatic rings. The summed E-state index contributed by atoms with van der Waals surface area (Å²) in [7, 11) is -3.98. The number of esters is 2. The molecule has 0 aliphatic heterocycles. The molecule has 8 heteroatoms. The zero-order valence-electron chi connectivity index (χ0n) is 13.9. The number of ether oxygens (including phenoxy) is 2. The Morgan fingerprint density at radius 3 is 2.30 bits per heavy atom. The maximum atomic E-state index is 10.7. The number of carbonyl (C=O) groups excluding carboxylic acids is 2. The van der Waals surface area contributed by atoms with Crippen LogP contribution in [0.4, 0.5) is 0 Å². The smallest absolute Gasteiger partial charge is 0.333 e. The molecule has 0 aromatic heterocycles. The van der Waals surface area contributed by atoms with Gasteiger partial charge in [0.1, 0.15) is 6.10 Å². The van der Waals surface area contributed by atoms with Gasteiger partial charge in [-0.3, -0.25) is 4.55 Å². The zero-order valence-corrected chi connectivity index (χ0v) is 14.7. The van der Waals surface area contributed by atoms with Crippen molar-refractivity contribution in [3.05, 3.63) is 24.8 Å². The Morgan fingerprint density at radius 2 is 1.91 bits per heavy atom. The predicted octanol–water partition coefficient (Wildman–Crippen LogP) is 2.29. The lowest BCUT2D eigenvalue weighted by Gasteiger charge is -2.09. The van der Waals surface area contributed by atoms with Crippen LogP contribution in [0.3, 0.4) is 0 Å². The van der Waals surface area contributed by atoms with Crippen LogP contribution in [0.25, 0.3) is 0 Å². The highest BCUT2D eigenvalue weighted by molar-refractivity contribution is 7.85. The second-order valence-corrected chi connectivity index (χ2v) is 6.37. The summed E-state index contributed by atoms with van der Waals surface area (Å²) in [4.78, 5) is 21.3. The number of rotatable bonds is 9. The molecule has 0 saturated heterocycles. The quantitative estimate of drug-likeness (QED) is 0.294. The third-order valence-corrected chi connectivity index (χ3v) is 3.10. The van der Waals surface area contributed by atoms with E-state index in [9.17, 15) is 18.0 Å². The summed E-state index contributed by atoms with van der Waals surface area (Å²) in [5.41, 5.74) is 0.469. The highest BCUT2D eigenvalue weighted by atomic mass is 32.2. The molecule has 7 nitrogen and oxygen atoms in total. The normalized spacial score (nSPS) is 11.5. The fraction of sp³-hybridized carbons (Fsp3) is 0.600. The van der Waals surface area contributed by atoms with E-state index < -0.39 is 27.9 Å². The molecule has 0 heterocycles. The molecule has 0 amide bonds. The lowest BCUT2D eigenvalue weighted by Crippen LogP contribution is -2.17. The van der Waals surface area contributed by atoms with Crippen molar-refractivity contribution < 1.29 is 32.0 Å². The van der Waals surface area contributed by atoms with E-state index in [1.165, 1.54) is 6.92 Å². The Bertz CT molecular complexity index is 494. The third-order valence-electron chi connectivity index (χ3n) is 2.35. The molecular weight excluding hydrogens is 324 g/mol. The summed E-state index contributed by atoms with van der Waals surface area (Å²) in [6, 6.07) is 0. The van der Waals surface area contributed by atoms with Gasteiger partial charge in [0.05, 0.1) is 12.4 Å². The molecular formula is C15H26O7S. The minimum Gasteiger partial charge on any atom is -0.462 e. The molecule has 0 spiro atoms. The van der Waals surface area contributed by atoms with Crippen LogP contribution in [0.2, 0.25) is 0 Å². The summed E-state index contributed by atoms with van der Waals surface area (Å²) in [6.07, 6.45) is 2.48. The van der Waals surface area contributed by atoms with Gasteiger partial charge in [-0.25, -0.2) is 9.59 Å². The van der Waals surface area contributed by atoms with E-state index in [1.54, 1.807) is 6.92 Å². The molecule has 0 radical (unpaired) electrons. The topological polar surface area (TPSA) is 107 Å². The van der Waals surface area contributed by atoms with Crippen molar-refractivity contribution in [2.75, 3.05) is 12.4 Å².